The highest BCUT2D eigenvalue weighted by Crippen LogP contribution is 2.26. The van der Waals surface area contributed by atoms with Crippen molar-refractivity contribution in [3.05, 3.63) is 11.1 Å². The number of hydrogen-bond donors (Lipinski definition) is 2. The quantitative estimate of drug-likeness (QED) is 0.801. The maximum absolute atomic E-state index is 12.3. The Morgan fingerprint density at radius 1 is 1.43 bits per heavy atom. The number of rotatable bonds is 7. The molecule has 130 valence electrons. The van der Waals surface area contributed by atoms with E-state index in [0.29, 0.717) is 6.54 Å². The first-order chi connectivity index (χ1) is 11.0. The Labute approximate surface area is 143 Å². The van der Waals surface area contributed by atoms with Crippen molar-refractivity contribution in [2.45, 2.75) is 52.6 Å². The van der Waals surface area contributed by atoms with Crippen molar-refractivity contribution >= 4 is 22.4 Å². The van der Waals surface area contributed by atoms with Gasteiger partial charge in [-0.15, -0.1) is 11.3 Å². The van der Waals surface area contributed by atoms with Gasteiger partial charge < -0.3 is 15.3 Å². The number of thiazole rings is 1. The molecular formula is C17H29N3O2S. The lowest BCUT2D eigenvalue weighted by Gasteiger charge is -2.31. The molecule has 1 aliphatic heterocycles. The summed E-state index contributed by atoms with van der Waals surface area (Å²) in [6.45, 7) is 8.28. The molecule has 0 spiro atoms. The van der Waals surface area contributed by atoms with Crippen LogP contribution in [-0.2, 0) is 4.79 Å². The van der Waals surface area contributed by atoms with Crippen LogP contribution in [0.25, 0.3) is 0 Å². The molecule has 1 fully saturated rings. The number of aryl methyl sites for hydroxylation is 1. The summed E-state index contributed by atoms with van der Waals surface area (Å²) in [4.78, 5) is 19.1. The van der Waals surface area contributed by atoms with Crippen molar-refractivity contribution in [2.24, 2.45) is 11.8 Å². The second kappa shape index (κ2) is 8.64. The van der Waals surface area contributed by atoms with E-state index in [1.165, 1.54) is 0 Å². The summed E-state index contributed by atoms with van der Waals surface area (Å²) >= 11 is 1.67. The van der Waals surface area contributed by atoms with E-state index in [-0.39, 0.29) is 17.7 Å². The van der Waals surface area contributed by atoms with Crippen LogP contribution >= 0.6 is 11.3 Å². The van der Waals surface area contributed by atoms with Crippen molar-refractivity contribution in [1.82, 2.24) is 10.3 Å². The largest absolute Gasteiger partial charge is 0.391 e. The number of carbonyl (C=O) groups is 1. The van der Waals surface area contributed by atoms with E-state index < -0.39 is 6.10 Å². The van der Waals surface area contributed by atoms with Crippen LogP contribution in [-0.4, -0.2) is 41.7 Å². The Morgan fingerprint density at radius 3 is 2.61 bits per heavy atom. The van der Waals surface area contributed by atoms with E-state index in [9.17, 15) is 9.90 Å². The fraction of sp³-hybridized carbons (Fsp3) is 0.765. The molecule has 1 saturated heterocycles. The summed E-state index contributed by atoms with van der Waals surface area (Å²) in [5.41, 5.74) is 1.06. The van der Waals surface area contributed by atoms with E-state index in [1.807, 2.05) is 6.92 Å². The van der Waals surface area contributed by atoms with Crippen molar-refractivity contribution < 1.29 is 9.90 Å². The fourth-order valence-electron chi connectivity index (χ4n) is 3.17. The van der Waals surface area contributed by atoms with Gasteiger partial charge in [-0.3, -0.25) is 4.79 Å². The monoisotopic (exact) mass is 339 g/mol. The van der Waals surface area contributed by atoms with Crippen LogP contribution in [0.3, 0.4) is 0 Å². The van der Waals surface area contributed by atoms with Gasteiger partial charge in [0.25, 0.3) is 0 Å². The minimum Gasteiger partial charge on any atom is -0.391 e. The Balaban J connectivity index is 1.75. The normalized spacial score (nSPS) is 17.5. The average Bonchev–Trinajstić information content (AvgIpc) is 3.00. The number of aliphatic hydroxyl groups excluding tert-OH is 1. The first-order valence-electron chi connectivity index (χ1n) is 8.68. The third-order valence-corrected chi connectivity index (χ3v) is 5.84. The van der Waals surface area contributed by atoms with E-state index in [4.69, 9.17) is 0 Å². The molecule has 6 heteroatoms. The van der Waals surface area contributed by atoms with Gasteiger partial charge in [0, 0.05) is 30.9 Å². The lowest BCUT2D eigenvalue weighted by molar-refractivity contribution is -0.126. The van der Waals surface area contributed by atoms with Gasteiger partial charge in [0.1, 0.15) is 0 Å². The zero-order valence-corrected chi connectivity index (χ0v) is 15.2. The van der Waals surface area contributed by atoms with E-state index >= 15 is 0 Å². The molecule has 0 aromatic carbocycles. The van der Waals surface area contributed by atoms with Crippen LogP contribution in [0, 0.1) is 18.8 Å². The summed E-state index contributed by atoms with van der Waals surface area (Å²) in [5.74, 6) is 0.413. The molecule has 2 rings (SSSR count). The van der Waals surface area contributed by atoms with Crippen molar-refractivity contribution in [1.29, 1.82) is 0 Å². The van der Waals surface area contributed by atoms with Crippen molar-refractivity contribution in [3.63, 3.8) is 0 Å². The maximum atomic E-state index is 12.3. The van der Waals surface area contributed by atoms with Gasteiger partial charge in [0.2, 0.25) is 5.91 Å². The molecule has 5 nitrogen and oxygen atoms in total. The van der Waals surface area contributed by atoms with E-state index in [2.05, 4.69) is 34.4 Å². The Hall–Kier alpha value is -1.14. The molecule has 2 heterocycles. The SMILES string of the molecule is CCC(CC)C(O)CNC(=O)C1CCN(c2nc(C)cs2)CC1. The maximum Gasteiger partial charge on any atom is 0.223 e. The number of hydrogen-bond acceptors (Lipinski definition) is 5. The molecule has 1 atom stereocenters. The van der Waals surface area contributed by atoms with Crippen LogP contribution in [0.2, 0.25) is 0 Å². The predicted molar refractivity (Wildman–Crippen MR) is 94.9 cm³/mol. The zero-order chi connectivity index (χ0) is 16.8. The van der Waals surface area contributed by atoms with Crippen LogP contribution < -0.4 is 10.2 Å². The Kier molecular flexibility index (Phi) is 6.84. The van der Waals surface area contributed by atoms with Gasteiger partial charge in [-0.1, -0.05) is 26.7 Å². The second-order valence-corrected chi connectivity index (χ2v) is 7.26. The lowest BCUT2D eigenvalue weighted by Crippen LogP contribution is -2.43. The molecule has 1 unspecified atom stereocenters. The first-order valence-corrected chi connectivity index (χ1v) is 9.55. The number of aromatic nitrogens is 1. The number of piperidine rings is 1. The smallest absolute Gasteiger partial charge is 0.223 e. The summed E-state index contributed by atoms with van der Waals surface area (Å²) in [7, 11) is 0. The number of anilines is 1. The van der Waals surface area contributed by atoms with Crippen LogP contribution in [0.4, 0.5) is 5.13 Å². The summed E-state index contributed by atoms with van der Waals surface area (Å²) in [5, 5.41) is 16.2. The predicted octanol–water partition coefficient (Wildman–Crippen LogP) is 2.58. The number of nitrogens with one attached hydrogen (secondary N) is 1. The number of nitrogens with zero attached hydrogens (tertiary/aromatic N) is 2. The molecule has 1 aromatic rings. The molecule has 0 aliphatic carbocycles. The van der Waals surface area contributed by atoms with E-state index in [1.54, 1.807) is 11.3 Å². The third kappa shape index (κ3) is 4.91. The molecule has 1 amide bonds. The molecule has 0 radical (unpaired) electrons. The number of carbonyl (C=O) groups excluding carboxylic acids is 1. The highest BCUT2D eigenvalue weighted by Gasteiger charge is 2.27. The molecule has 2 N–H and O–H groups in total. The Bertz CT molecular complexity index is 494. The zero-order valence-electron chi connectivity index (χ0n) is 14.4. The van der Waals surface area contributed by atoms with Crippen molar-refractivity contribution in [3.8, 4) is 0 Å². The summed E-state index contributed by atoms with van der Waals surface area (Å²) < 4.78 is 0. The molecule has 1 aliphatic rings. The molecule has 0 saturated carbocycles. The van der Waals surface area contributed by atoms with Gasteiger partial charge in [-0.25, -0.2) is 4.98 Å². The standard InChI is InChI=1S/C17H29N3O2S/c1-4-13(5-2)15(21)10-18-16(22)14-6-8-20(9-7-14)17-19-12(3)11-23-17/h11,13-15,21H,4-10H2,1-3H3,(H,18,22). The summed E-state index contributed by atoms with van der Waals surface area (Å²) in [6.07, 6.45) is 3.15. The van der Waals surface area contributed by atoms with Gasteiger partial charge >= 0.3 is 0 Å². The second-order valence-electron chi connectivity index (χ2n) is 6.42. The lowest BCUT2D eigenvalue weighted by atomic mass is 9.94. The summed E-state index contributed by atoms with van der Waals surface area (Å²) in [6, 6.07) is 0. The Morgan fingerprint density at radius 2 is 2.09 bits per heavy atom. The third-order valence-electron chi connectivity index (χ3n) is 4.82. The number of aliphatic hydroxyl groups is 1. The minimum atomic E-state index is -0.438. The topological polar surface area (TPSA) is 65.5 Å². The highest BCUT2D eigenvalue weighted by molar-refractivity contribution is 7.13. The highest BCUT2D eigenvalue weighted by atomic mass is 32.1. The van der Waals surface area contributed by atoms with Crippen molar-refractivity contribution in [2.75, 3.05) is 24.5 Å². The van der Waals surface area contributed by atoms with Crippen LogP contribution in [0.5, 0.6) is 0 Å². The van der Waals surface area contributed by atoms with Gasteiger partial charge in [-0.2, -0.15) is 0 Å². The molecular weight excluding hydrogens is 310 g/mol. The van der Waals surface area contributed by atoms with Gasteiger partial charge in [-0.05, 0) is 25.7 Å². The number of amides is 1. The minimum absolute atomic E-state index is 0.0567. The van der Waals surface area contributed by atoms with Crippen LogP contribution in [0.15, 0.2) is 5.38 Å². The van der Waals surface area contributed by atoms with Gasteiger partial charge in [0.05, 0.1) is 11.8 Å². The van der Waals surface area contributed by atoms with Gasteiger partial charge in [0.15, 0.2) is 5.13 Å². The first kappa shape index (κ1) is 18.2. The molecule has 0 bridgehead atoms. The van der Waals surface area contributed by atoms with E-state index in [0.717, 1.165) is 49.6 Å². The average molecular weight is 340 g/mol. The molecule has 1 aromatic heterocycles. The molecule has 23 heavy (non-hydrogen) atoms. The fourth-order valence-corrected chi connectivity index (χ4v) is 4.03. The van der Waals surface area contributed by atoms with Crippen LogP contribution in [0.1, 0.15) is 45.2 Å².